The van der Waals surface area contributed by atoms with E-state index in [1.165, 1.54) is 6.26 Å². The first-order chi connectivity index (χ1) is 10.8. The zero-order valence-electron chi connectivity index (χ0n) is 13.2. The zero-order chi connectivity index (χ0) is 16.9. The van der Waals surface area contributed by atoms with Crippen molar-refractivity contribution < 1.29 is 13.2 Å². The average molecular weight is 359 g/mol. The summed E-state index contributed by atoms with van der Waals surface area (Å²) in [4.78, 5) is 12.2. The summed E-state index contributed by atoms with van der Waals surface area (Å²) in [5.74, 6) is 0.378. The lowest BCUT2D eigenvalue weighted by Gasteiger charge is -2.27. The van der Waals surface area contributed by atoms with Gasteiger partial charge in [-0.1, -0.05) is 29.8 Å². The molecule has 7 heteroatoms. The van der Waals surface area contributed by atoms with Gasteiger partial charge in [-0.15, -0.1) is 0 Å². The summed E-state index contributed by atoms with van der Waals surface area (Å²) in [6.45, 7) is 0.904. The molecule has 1 amide bonds. The first-order valence-corrected chi connectivity index (χ1v) is 10.1. The van der Waals surface area contributed by atoms with Crippen molar-refractivity contribution >= 4 is 27.5 Å². The summed E-state index contributed by atoms with van der Waals surface area (Å²) >= 11 is 6.08. The number of hydrogen-bond acceptors (Lipinski definition) is 3. The lowest BCUT2D eigenvalue weighted by molar-refractivity contribution is -0.126. The van der Waals surface area contributed by atoms with Gasteiger partial charge in [0.1, 0.15) is 0 Å². The second-order valence-corrected chi connectivity index (χ2v) is 8.39. The molecule has 23 heavy (non-hydrogen) atoms. The number of halogens is 1. The van der Waals surface area contributed by atoms with Gasteiger partial charge in [0.2, 0.25) is 15.9 Å². The smallest absolute Gasteiger partial charge is 0.223 e. The molecule has 1 fully saturated rings. The van der Waals surface area contributed by atoms with E-state index < -0.39 is 10.0 Å². The van der Waals surface area contributed by atoms with Gasteiger partial charge in [0, 0.05) is 24.0 Å². The van der Waals surface area contributed by atoms with Crippen molar-refractivity contribution in [2.45, 2.75) is 32.2 Å². The highest BCUT2D eigenvalue weighted by Crippen LogP contribution is 2.28. The predicted octanol–water partition coefficient (Wildman–Crippen LogP) is 2.31. The summed E-state index contributed by atoms with van der Waals surface area (Å²) < 4.78 is 24.8. The first-order valence-electron chi connectivity index (χ1n) is 7.81. The van der Waals surface area contributed by atoms with Crippen LogP contribution in [0.2, 0.25) is 5.02 Å². The van der Waals surface area contributed by atoms with E-state index in [2.05, 4.69) is 10.0 Å². The summed E-state index contributed by atoms with van der Waals surface area (Å²) in [6, 6.07) is 7.46. The molecule has 128 valence electrons. The molecule has 0 atom stereocenters. The van der Waals surface area contributed by atoms with E-state index in [0.29, 0.717) is 24.0 Å². The Morgan fingerprint density at radius 1 is 1.22 bits per heavy atom. The monoisotopic (exact) mass is 358 g/mol. The molecule has 0 saturated heterocycles. The largest absolute Gasteiger partial charge is 0.352 e. The van der Waals surface area contributed by atoms with Crippen molar-refractivity contribution in [2.24, 2.45) is 11.8 Å². The molecule has 2 N–H and O–H groups in total. The van der Waals surface area contributed by atoms with Gasteiger partial charge in [0.15, 0.2) is 0 Å². The molecule has 0 heterocycles. The van der Waals surface area contributed by atoms with Crippen LogP contribution in [-0.4, -0.2) is 27.1 Å². The summed E-state index contributed by atoms with van der Waals surface area (Å²) in [5, 5.41) is 3.60. The molecule has 0 aromatic heterocycles. The number of hydrogen-bond donors (Lipinski definition) is 2. The van der Waals surface area contributed by atoms with E-state index in [-0.39, 0.29) is 11.8 Å². The highest BCUT2D eigenvalue weighted by Gasteiger charge is 2.26. The topological polar surface area (TPSA) is 75.3 Å². The maximum Gasteiger partial charge on any atom is 0.223 e. The van der Waals surface area contributed by atoms with E-state index in [4.69, 9.17) is 11.6 Å². The third-order valence-corrected chi connectivity index (χ3v) is 5.32. The standard InChI is InChI=1S/C16H23ClN2O3S/c1-23(21,22)19-10-12-6-8-13(9-7-12)16(20)18-11-14-4-2-3-5-15(14)17/h2-5,12-13,19H,6-11H2,1H3,(H,18,20). The van der Waals surface area contributed by atoms with Gasteiger partial charge >= 0.3 is 0 Å². The second-order valence-electron chi connectivity index (χ2n) is 6.15. The summed E-state index contributed by atoms with van der Waals surface area (Å²) in [7, 11) is -3.14. The fraction of sp³-hybridized carbons (Fsp3) is 0.562. The van der Waals surface area contributed by atoms with E-state index in [1.807, 2.05) is 24.3 Å². The fourth-order valence-corrected chi connectivity index (χ4v) is 3.61. The van der Waals surface area contributed by atoms with E-state index in [1.54, 1.807) is 0 Å². The van der Waals surface area contributed by atoms with Gasteiger partial charge in [-0.3, -0.25) is 4.79 Å². The van der Waals surface area contributed by atoms with Crippen molar-refractivity contribution in [1.82, 2.24) is 10.0 Å². The number of sulfonamides is 1. The van der Waals surface area contributed by atoms with Crippen LogP contribution in [0.3, 0.4) is 0 Å². The molecule has 1 saturated carbocycles. The molecule has 1 aromatic rings. The lowest BCUT2D eigenvalue weighted by Crippen LogP contribution is -2.35. The van der Waals surface area contributed by atoms with Crippen LogP contribution >= 0.6 is 11.6 Å². The molecular formula is C16H23ClN2O3S. The fourth-order valence-electron chi connectivity index (χ4n) is 2.87. The second kappa shape index (κ2) is 8.13. The van der Waals surface area contributed by atoms with Crippen molar-refractivity contribution in [3.05, 3.63) is 34.9 Å². The Morgan fingerprint density at radius 3 is 2.48 bits per heavy atom. The van der Waals surface area contributed by atoms with Gasteiger partial charge in [-0.25, -0.2) is 13.1 Å². The molecule has 2 rings (SSSR count). The number of nitrogens with one attached hydrogen (secondary N) is 2. The minimum absolute atomic E-state index is 0.00646. The Labute approximate surface area is 142 Å². The van der Waals surface area contributed by atoms with Crippen LogP contribution in [0.15, 0.2) is 24.3 Å². The van der Waals surface area contributed by atoms with Crippen LogP contribution in [0.5, 0.6) is 0 Å². The molecule has 0 bridgehead atoms. The van der Waals surface area contributed by atoms with Gasteiger partial charge in [-0.05, 0) is 43.2 Å². The van der Waals surface area contributed by atoms with Gasteiger partial charge in [-0.2, -0.15) is 0 Å². The number of rotatable bonds is 6. The van der Waals surface area contributed by atoms with E-state index in [0.717, 1.165) is 31.2 Å². The maximum atomic E-state index is 12.2. The maximum absolute atomic E-state index is 12.2. The third kappa shape index (κ3) is 6.12. The minimum atomic E-state index is -3.14. The molecule has 1 aliphatic carbocycles. The van der Waals surface area contributed by atoms with Crippen LogP contribution in [0.25, 0.3) is 0 Å². The highest BCUT2D eigenvalue weighted by molar-refractivity contribution is 7.88. The van der Waals surface area contributed by atoms with Crippen LogP contribution < -0.4 is 10.0 Å². The van der Waals surface area contributed by atoms with Crippen LogP contribution in [0.4, 0.5) is 0 Å². The van der Waals surface area contributed by atoms with Crippen LogP contribution in [-0.2, 0) is 21.4 Å². The van der Waals surface area contributed by atoms with E-state index in [9.17, 15) is 13.2 Å². The molecule has 0 unspecified atom stereocenters. The Morgan fingerprint density at radius 2 is 1.87 bits per heavy atom. The Kier molecular flexibility index (Phi) is 6.44. The number of benzene rings is 1. The van der Waals surface area contributed by atoms with Crippen LogP contribution in [0.1, 0.15) is 31.2 Å². The molecule has 1 aliphatic rings. The van der Waals surface area contributed by atoms with E-state index >= 15 is 0 Å². The van der Waals surface area contributed by atoms with Crippen molar-refractivity contribution in [3.63, 3.8) is 0 Å². The van der Waals surface area contributed by atoms with Crippen LogP contribution in [0, 0.1) is 11.8 Å². The first kappa shape index (κ1) is 18.2. The molecule has 0 spiro atoms. The van der Waals surface area contributed by atoms with Crippen molar-refractivity contribution in [1.29, 1.82) is 0 Å². The van der Waals surface area contributed by atoms with Crippen molar-refractivity contribution in [2.75, 3.05) is 12.8 Å². The average Bonchev–Trinajstić information content (AvgIpc) is 2.52. The Hall–Kier alpha value is -1.11. The molecule has 0 radical (unpaired) electrons. The summed E-state index contributed by atoms with van der Waals surface area (Å²) in [6.07, 6.45) is 4.50. The van der Waals surface area contributed by atoms with Gasteiger partial charge in [0.05, 0.1) is 6.26 Å². The minimum Gasteiger partial charge on any atom is -0.352 e. The molecule has 0 aliphatic heterocycles. The number of carbonyl (C=O) groups is 1. The normalized spacial score (nSPS) is 21.8. The molecule has 5 nitrogen and oxygen atoms in total. The third-order valence-electron chi connectivity index (χ3n) is 4.26. The number of carbonyl (C=O) groups excluding carboxylic acids is 1. The van der Waals surface area contributed by atoms with Gasteiger partial charge < -0.3 is 5.32 Å². The quantitative estimate of drug-likeness (QED) is 0.819. The summed E-state index contributed by atoms with van der Waals surface area (Å²) in [5.41, 5.74) is 0.911. The highest BCUT2D eigenvalue weighted by atomic mass is 35.5. The molecular weight excluding hydrogens is 336 g/mol. The Balaban J connectivity index is 1.74. The Bertz CT molecular complexity index is 640. The number of amides is 1. The van der Waals surface area contributed by atoms with Crippen molar-refractivity contribution in [3.8, 4) is 0 Å². The SMILES string of the molecule is CS(=O)(=O)NCC1CCC(C(=O)NCc2ccccc2Cl)CC1. The predicted molar refractivity (Wildman–Crippen MR) is 91.6 cm³/mol. The van der Waals surface area contributed by atoms with Gasteiger partial charge in [0.25, 0.3) is 0 Å². The lowest BCUT2D eigenvalue weighted by atomic mass is 9.81. The molecule has 1 aromatic carbocycles. The zero-order valence-corrected chi connectivity index (χ0v) is 14.8.